The second-order valence-electron chi connectivity index (χ2n) is 4.25. The number of nitrogen functional groups attached to an aromatic ring is 1. The molecule has 0 saturated heterocycles. The third-order valence-electron chi connectivity index (χ3n) is 3.09. The lowest BCUT2D eigenvalue weighted by atomic mass is 9.85. The van der Waals surface area contributed by atoms with Crippen molar-refractivity contribution < 1.29 is 4.42 Å². The van der Waals surface area contributed by atoms with Crippen LogP contribution in [0.4, 0.5) is 6.01 Å². The fourth-order valence-corrected chi connectivity index (χ4v) is 1.98. The molecule has 90 valence electrons. The van der Waals surface area contributed by atoms with Crippen LogP contribution in [-0.4, -0.2) is 10.2 Å². The van der Waals surface area contributed by atoms with E-state index in [9.17, 15) is 0 Å². The maximum Gasteiger partial charge on any atom is 0.312 e. The van der Waals surface area contributed by atoms with Crippen molar-refractivity contribution in [3.8, 4) is 0 Å². The van der Waals surface area contributed by atoms with E-state index in [1.54, 1.807) is 0 Å². The van der Waals surface area contributed by atoms with Crippen LogP contribution < -0.4 is 5.73 Å². The van der Waals surface area contributed by atoms with E-state index < -0.39 is 0 Å². The van der Waals surface area contributed by atoms with Crippen LogP contribution in [0.1, 0.15) is 37.6 Å². The van der Waals surface area contributed by atoms with Gasteiger partial charge in [-0.1, -0.05) is 55.7 Å². The summed E-state index contributed by atoms with van der Waals surface area (Å²) in [5, 5.41) is 7.76. The average Bonchev–Trinajstić information content (AvgIpc) is 2.77. The topological polar surface area (TPSA) is 64.9 Å². The third-order valence-corrected chi connectivity index (χ3v) is 3.09. The first kappa shape index (κ1) is 11.6. The number of hydrogen-bond donors (Lipinski definition) is 1. The van der Waals surface area contributed by atoms with Crippen molar-refractivity contribution in [1.29, 1.82) is 0 Å². The number of rotatable bonds is 4. The Morgan fingerprint density at radius 3 is 2.47 bits per heavy atom. The zero-order chi connectivity index (χ0) is 12.3. The first-order chi connectivity index (χ1) is 8.22. The number of nitrogens with zero attached hydrogens (tertiary/aromatic N) is 2. The highest BCUT2D eigenvalue weighted by Crippen LogP contribution is 2.32. The highest BCUT2D eigenvalue weighted by molar-refractivity contribution is 5.26. The van der Waals surface area contributed by atoms with Crippen molar-refractivity contribution in [3.05, 3.63) is 41.8 Å². The molecular formula is C13H17N3O. The second-order valence-corrected chi connectivity index (χ2v) is 4.25. The van der Waals surface area contributed by atoms with Gasteiger partial charge in [0.25, 0.3) is 0 Å². The molecule has 2 atom stereocenters. The second kappa shape index (κ2) is 4.99. The molecule has 0 aliphatic heterocycles. The van der Waals surface area contributed by atoms with Crippen LogP contribution in [0.15, 0.2) is 34.7 Å². The molecule has 0 bridgehead atoms. The summed E-state index contributed by atoms with van der Waals surface area (Å²) in [6.07, 6.45) is 1.04. The fourth-order valence-electron chi connectivity index (χ4n) is 1.98. The molecule has 1 heterocycles. The van der Waals surface area contributed by atoms with Gasteiger partial charge in [0.05, 0.1) is 5.92 Å². The van der Waals surface area contributed by atoms with Crippen LogP contribution in [0, 0.1) is 5.92 Å². The van der Waals surface area contributed by atoms with Gasteiger partial charge in [-0.3, -0.25) is 0 Å². The predicted octanol–water partition coefficient (Wildman–Crippen LogP) is 2.83. The molecule has 2 aromatic rings. The zero-order valence-electron chi connectivity index (χ0n) is 10.1. The average molecular weight is 231 g/mol. The molecule has 2 rings (SSSR count). The molecule has 17 heavy (non-hydrogen) atoms. The molecule has 0 amide bonds. The first-order valence-corrected chi connectivity index (χ1v) is 5.86. The molecule has 0 saturated carbocycles. The van der Waals surface area contributed by atoms with Gasteiger partial charge in [-0.2, -0.15) is 0 Å². The Hall–Kier alpha value is -1.84. The highest BCUT2D eigenvalue weighted by atomic mass is 16.4. The molecule has 2 unspecified atom stereocenters. The molecule has 0 spiro atoms. The van der Waals surface area contributed by atoms with Gasteiger partial charge in [0.15, 0.2) is 0 Å². The van der Waals surface area contributed by atoms with Crippen LogP contribution in [0.3, 0.4) is 0 Å². The number of anilines is 1. The van der Waals surface area contributed by atoms with Crippen molar-refractivity contribution in [2.45, 2.75) is 26.2 Å². The summed E-state index contributed by atoms with van der Waals surface area (Å²) >= 11 is 0. The normalized spacial score (nSPS) is 14.5. The lowest BCUT2D eigenvalue weighted by Gasteiger charge is -2.19. The summed E-state index contributed by atoms with van der Waals surface area (Å²) in [4.78, 5) is 0. The van der Waals surface area contributed by atoms with E-state index >= 15 is 0 Å². The molecule has 0 fully saturated rings. The van der Waals surface area contributed by atoms with E-state index in [-0.39, 0.29) is 11.9 Å². The molecule has 1 aromatic heterocycles. The quantitative estimate of drug-likeness (QED) is 0.878. The minimum absolute atomic E-state index is 0.117. The van der Waals surface area contributed by atoms with Gasteiger partial charge in [-0.15, -0.1) is 5.10 Å². The number of benzene rings is 1. The standard InChI is InChI=1S/C13H17N3O/c1-3-9(2)11(10-7-5-4-6-8-10)12-15-16-13(14)17-12/h4-9,11H,3H2,1-2H3,(H2,14,16). The van der Waals surface area contributed by atoms with E-state index in [1.165, 1.54) is 5.56 Å². The Balaban J connectivity index is 2.39. The summed E-state index contributed by atoms with van der Waals surface area (Å²) in [6.45, 7) is 4.33. The smallest absolute Gasteiger partial charge is 0.312 e. The maximum absolute atomic E-state index is 5.50. The molecule has 2 N–H and O–H groups in total. The Morgan fingerprint density at radius 1 is 1.24 bits per heavy atom. The van der Waals surface area contributed by atoms with Crippen LogP contribution in [0.25, 0.3) is 0 Å². The summed E-state index contributed by atoms with van der Waals surface area (Å²) < 4.78 is 5.38. The van der Waals surface area contributed by atoms with Gasteiger partial charge < -0.3 is 10.2 Å². The monoisotopic (exact) mass is 231 g/mol. The first-order valence-electron chi connectivity index (χ1n) is 5.86. The van der Waals surface area contributed by atoms with Crippen LogP contribution in [0.5, 0.6) is 0 Å². The van der Waals surface area contributed by atoms with Crippen molar-refractivity contribution in [2.24, 2.45) is 5.92 Å². The van der Waals surface area contributed by atoms with Gasteiger partial charge in [-0.25, -0.2) is 0 Å². The van der Waals surface area contributed by atoms with E-state index in [4.69, 9.17) is 10.2 Å². The van der Waals surface area contributed by atoms with E-state index in [0.717, 1.165) is 6.42 Å². The highest BCUT2D eigenvalue weighted by Gasteiger charge is 2.25. The van der Waals surface area contributed by atoms with Gasteiger partial charge in [0, 0.05) is 0 Å². The van der Waals surface area contributed by atoms with E-state index in [2.05, 4.69) is 36.2 Å². The summed E-state index contributed by atoms with van der Waals surface area (Å²) in [6, 6.07) is 10.3. The molecule has 1 aromatic carbocycles. The molecule has 0 aliphatic carbocycles. The SMILES string of the molecule is CCC(C)C(c1ccccc1)c1nnc(N)o1. The number of hydrogen-bond acceptors (Lipinski definition) is 4. The van der Waals surface area contributed by atoms with Crippen molar-refractivity contribution in [1.82, 2.24) is 10.2 Å². The van der Waals surface area contributed by atoms with E-state index in [0.29, 0.717) is 11.8 Å². The van der Waals surface area contributed by atoms with Crippen LogP contribution in [-0.2, 0) is 0 Å². The van der Waals surface area contributed by atoms with Crippen molar-refractivity contribution >= 4 is 6.01 Å². The Kier molecular flexibility index (Phi) is 3.42. The van der Waals surface area contributed by atoms with Crippen molar-refractivity contribution in [2.75, 3.05) is 5.73 Å². The zero-order valence-corrected chi connectivity index (χ0v) is 10.1. The largest absolute Gasteiger partial charge is 0.408 e. The lowest BCUT2D eigenvalue weighted by Crippen LogP contribution is -2.11. The molecule has 4 heteroatoms. The Morgan fingerprint density at radius 2 is 1.94 bits per heavy atom. The van der Waals surface area contributed by atoms with E-state index in [1.807, 2.05) is 18.2 Å². The molecule has 0 aliphatic rings. The maximum atomic E-state index is 5.50. The summed E-state index contributed by atoms with van der Waals surface area (Å²) in [5.41, 5.74) is 6.68. The van der Waals surface area contributed by atoms with Gasteiger partial charge in [-0.05, 0) is 11.5 Å². The summed E-state index contributed by atoms with van der Waals surface area (Å²) in [5.74, 6) is 1.14. The number of aromatic nitrogens is 2. The third kappa shape index (κ3) is 2.46. The predicted molar refractivity (Wildman–Crippen MR) is 66.5 cm³/mol. The molecule has 0 radical (unpaired) electrons. The van der Waals surface area contributed by atoms with Gasteiger partial charge in [0.1, 0.15) is 0 Å². The Labute approximate surface area is 101 Å². The fraction of sp³-hybridized carbons (Fsp3) is 0.385. The van der Waals surface area contributed by atoms with Crippen LogP contribution in [0.2, 0.25) is 0 Å². The number of nitrogens with two attached hydrogens (primary N) is 1. The minimum Gasteiger partial charge on any atom is -0.408 e. The Bertz CT molecular complexity index is 467. The lowest BCUT2D eigenvalue weighted by molar-refractivity contribution is 0.399. The van der Waals surface area contributed by atoms with Crippen LogP contribution >= 0.6 is 0 Å². The molecular weight excluding hydrogens is 214 g/mol. The van der Waals surface area contributed by atoms with Gasteiger partial charge >= 0.3 is 6.01 Å². The summed E-state index contributed by atoms with van der Waals surface area (Å²) in [7, 11) is 0. The minimum atomic E-state index is 0.117. The van der Waals surface area contributed by atoms with Crippen molar-refractivity contribution in [3.63, 3.8) is 0 Å². The van der Waals surface area contributed by atoms with Gasteiger partial charge in [0.2, 0.25) is 5.89 Å². The molecule has 4 nitrogen and oxygen atoms in total.